The molecule has 0 fully saturated rings. The van der Waals surface area contributed by atoms with E-state index >= 15 is 0 Å². The minimum Gasteiger partial charge on any atom is -0.399 e. The van der Waals surface area contributed by atoms with Gasteiger partial charge in [0.25, 0.3) is 10.0 Å². The molecule has 0 bridgehead atoms. The summed E-state index contributed by atoms with van der Waals surface area (Å²) in [6.45, 7) is 3.56. The molecule has 2 rings (SSSR count). The van der Waals surface area contributed by atoms with E-state index in [1.807, 2.05) is 0 Å². The first-order valence-corrected chi connectivity index (χ1v) is 7.81. The summed E-state index contributed by atoms with van der Waals surface area (Å²) in [5, 5.41) is 0.564. The summed E-state index contributed by atoms with van der Waals surface area (Å²) in [5.74, 6) is 0. The van der Waals surface area contributed by atoms with E-state index in [2.05, 4.69) is 4.72 Å². The normalized spacial score (nSPS) is 11.3. The van der Waals surface area contributed by atoms with Gasteiger partial charge in [-0.05, 0) is 61.4 Å². The number of hydrogen-bond acceptors (Lipinski definition) is 3. The molecule has 0 amide bonds. The number of anilines is 2. The molecule has 6 heteroatoms. The minimum absolute atomic E-state index is 0.179. The van der Waals surface area contributed by atoms with Crippen molar-refractivity contribution in [3.05, 3.63) is 52.5 Å². The van der Waals surface area contributed by atoms with Gasteiger partial charge in [-0.15, -0.1) is 0 Å². The Bertz CT molecular complexity index is 758. The Balaban J connectivity index is 2.38. The van der Waals surface area contributed by atoms with E-state index in [4.69, 9.17) is 17.3 Å². The highest BCUT2D eigenvalue weighted by atomic mass is 35.5. The van der Waals surface area contributed by atoms with Crippen LogP contribution < -0.4 is 10.5 Å². The zero-order valence-electron chi connectivity index (χ0n) is 11.1. The van der Waals surface area contributed by atoms with Crippen LogP contribution in [0, 0.1) is 13.8 Å². The van der Waals surface area contributed by atoms with Gasteiger partial charge in [0, 0.05) is 10.7 Å². The fourth-order valence-corrected chi connectivity index (χ4v) is 3.20. The molecule has 0 radical (unpaired) electrons. The molecule has 0 aliphatic heterocycles. The second kappa shape index (κ2) is 5.34. The van der Waals surface area contributed by atoms with Crippen LogP contribution in [0.1, 0.15) is 11.1 Å². The third-order valence-corrected chi connectivity index (χ3v) is 4.58. The first-order chi connectivity index (χ1) is 9.29. The topological polar surface area (TPSA) is 72.2 Å². The Morgan fingerprint density at radius 1 is 1.05 bits per heavy atom. The zero-order chi connectivity index (χ0) is 14.9. The molecule has 0 aromatic heterocycles. The van der Waals surface area contributed by atoms with Crippen molar-refractivity contribution in [3.63, 3.8) is 0 Å². The van der Waals surface area contributed by atoms with E-state index in [-0.39, 0.29) is 4.90 Å². The van der Waals surface area contributed by atoms with Gasteiger partial charge < -0.3 is 5.73 Å². The number of rotatable bonds is 3. The van der Waals surface area contributed by atoms with Crippen molar-refractivity contribution in [2.75, 3.05) is 10.5 Å². The Morgan fingerprint density at radius 3 is 2.35 bits per heavy atom. The molecular formula is C14H15ClN2O2S. The van der Waals surface area contributed by atoms with Crippen LogP contribution in [-0.4, -0.2) is 8.42 Å². The van der Waals surface area contributed by atoms with Crippen LogP contribution >= 0.6 is 11.6 Å². The highest BCUT2D eigenvalue weighted by molar-refractivity contribution is 7.92. The third-order valence-electron chi connectivity index (χ3n) is 2.98. The Hall–Kier alpha value is -1.72. The highest BCUT2D eigenvalue weighted by Crippen LogP contribution is 2.24. The van der Waals surface area contributed by atoms with Gasteiger partial charge in [0.1, 0.15) is 0 Å². The predicted molar refractivity (Wildman–Crippen MR) is 82.6 cm³/mol. The van der Waals surface area contributed by atoms with Gasteiger partial charge in [0.05, 0.1) is 10.6 Å². The molecule has 0 saturated carbocycles. The van der Waals surface area contributed by atoms with E-state index in [1.54, 1.807) is 44.2 Å². The van der Waals surface area contributed by atoms with Crippen LogP contribution in [0.4, 0.5) is 11.4 Å². The largest absolute Gasteiger partial charge is 0.399 e. The van der Waals surface area contributed by atoms with Crippen molar-refractivity contribution >= 4 is 33.0 Å². The van der Waals surface area contributed by atoms with Crippen LogP contribution in [0.15, 0.2) is 41.3 Å². The predicted octanol–water partition coefficient (Wildman–Crippen LogP) is 3.34. The third kappa shape index (κ3) is 3.05. The van der Waals surface area contributed by atoms with Gasteiger partial charge in [0.2, 0.25) is 0 Å². The molecule has 0 aliphatic carbocycles. The smallest absolute Gasteiger partial charge is 0.261 e. The zero-order valence-corrected chi connectivity index (χ0v) is 12.7. The number of nitrogens with two attached hydrogens (primary N) is 1. The average molecular weight is 311 g/mol. The van der Waals surface area contributed by atoms with Crippen molar-refractivity contribution in [1.29, 1.82) is 0 Å². The summed E-state index contributed by atoms with van der Waals surface area (Å²) in [4.78, 5) is 0.179. The van der Waals surface area contributed by atoms with Crippen molar-refractivity contribution in [3.8, 4) is 0 Å². The molecule has 106 valence electrons. The van der Waals surface area contributed by atoms with Crippen LogP contribution in [0.3, 0.4) is 0 Å². The number of halogens is 1. The molecule has 2 aromatic rings. The van der Waals surface area contributed by atoms with Crippen molar-refractivity contribution in [1.82, 2.24) is 0 Å². The van der Waals surface area contributed by atoms with E-state index in [0.717, 1.165) is 11.1 Å². The molecule has 0 saturated heterocycles. The molecule has 20 heavy (non-hydrogen) atoms. The van der Waals surface area contributed by atoms with E-state index in [9.17, 15) is 8.42 Å². The summed E-state index contributed by atoms with van der Waals surface area (Å²) in [7, 11) is -3.64. The summed E-state index contributed by atoms with van der Waals surface area (Å²) < 4.78 is 27.2. The molecular weight excluding hydrogens is 296 g/mol. The van der Waals surface area contributed by atoms with Gasteiger partial charge >= 0.3 is 0 Å². The number of aryl methyl sites for hydroxylation is 2. The Morgan fingerprint density at radius 2 is 1.75 bits per heavy atom. The monoisotopic (exact) mass is 310 g/mol. The lowest BCUT2D eigenvalue weighted by atomic mass is 10.2. The molecule has 3 N–H and O–H groups in total. The Labute approximate surface area is 123 Å². The molecule has 0 atom stereocenters. The average Bonchev–Trinajstić information content (AvgIpc) is 2.36. The van der Waals surface area contributed by atoms with Gasteiger partial charge in [0.15, 0.2) is 0 Å². The Kier molecular flexibility index (Phi) is 3.92. The molecule has 0 heterocycles. The summed E-state index contributed by atoms with van der Waals surface area (Å²) in [6.07, 6.45) is 0. The summed E-state index contributed by atoms with van der Waals surface area (Å²) >= 11 is 5.85. The molecule has 2 aromatic carbocycles. The maximum Gasteiger partial charge on any atom is 0.261 e. The molecule has 0 spiro atoms. The summed E-state index contributed by atoms with van der Waals surface area (Å²) in [5.41, 5.74) is 8.24. The van der Waals surface area contributed by atoms with Crippen LogP contribution in [0.2, 0.25) is 5.02 Å². The minimum atomic E-state index is -3.64. The lowest BCUT2D eigenvalue weighted by Crippen LogP contribution is -2.14. The van der Waals surface area contributed by atoms with Crippen molar-refractivity contribution in [2.45, 2.75) is 18.7 Å². The van der Waals surface area contributed by atoms with Crippen LogP contribution in [-0.2, 0) is 10.0 Å². The maximum absolute atomic E-state index is 12.3. The van der Waals surface area contributed by atoms with E-state index in [1.165, 1.54) is 6.07 Å². The van der Waals surface area contributed by atoms with Crippen LogP contribution in [0.25, 0.3) is 0 Å². The number of hydrogen-bond donors (Lipinski definition) is 2. The number of sulfonamides is 1. The van der Waals surface area contributed by atoms with Crippen LogP contribution in [0.5, 0.6) is 0 Å². The fourth-order valence-electron chi connectivity index (χ4n) is 1.76. The van der Waals surface area contributed by atoms with E-state index < -0.39 is 10.0 Å². The lowest BCUT2D eigenvalue weighted by molar-refractivity contribution is 0.601. The molecule has 0 aliphatic rings. The molecule has 4 nitrogen and oxygen atoms in total. The SMILES string of the molecule is Cc1cc(S(=O)(=O)Nc2ccc(Cl)cc2C)ccc1N. The number of nitrogen functional groups attached to an aromatic ring is 1. The van der Waals surface area contributed by atoms with E-state index in [0.29, 0.717) is 16.4 Å². The van der Waals surface area contributed by atoms with Gasteiger partial charge in [-0.2, -0.15) is 0 Å². The van der Waals surface area contributed by atoms with Gasteiger partial charge in [-0.25, -0.2) is 8.42 Å². The quantitative estimate of drug-likeness (QED) is 0.854. The second-order valence-corrected chi connectivity index (χ2v) is 6.70. The van der Waals surface area contributed by atoms with Gasteiger partial charge in [-0.1, -0.05) is 11.6 Å². The molecule has 0 unspecified atom stereocenters. The number of nitrogens with one attached hydrogen (secondary N) is 1. The highest BCUT2D eigenvalue weighted by Gasteiger charge is 2.16. The van der Waals surface area contributed by atoms with Crippen molar-refractivity contribution < 1.29 is 8.42 Å². The maximum atomic E-state index is 12.3. The summed E-state index contributed by atoms with van der Waals surface area (Å²) in [6, 6.07) is 9.59. The fraction of sp³-hybridized carbons (Fsp3) is 0.143. The first kappa shape index (κ1) is 14.7. The van der Waals surface area contributed by atoms with Crippen molar-refractivity contribution in [2.24, 2.45) is 0 Å². The second-order valence-electron chi connectivity index (χ2n) is 4.58. The lowest BCUT2D eigenvalue weighted by Gasteiger charge is -2.12. The first-order valence-electron chi connectivity index (χ1n) is 5.95. The van der Waals surface area contributed by atoms with Gasteiger partial charge in [-0.3, -0.25) is 4.72 Å². The number of benzene rings is 2. The standard InChI is InChI=1S/C14H15ClN2O2S/c1-9-8-12(4-5-13(9)16)20(18,19)17-14-6-3-11(15)7-10(14)2/h3-8,17H,16H2,1-2H3.